The summed E-state index contributed by atoms with van der Waals surface area (Å²) in [5.41, 5.74) is 5.38. The summed E-state index contributed by atoms with van der Waals surface area (Å²) >= 11 is 0. The molecule has 130 valence electrons. The van der Waals surface area contributed by atoms with E-state index in [1.54, 1.807) is 7.11 Å². The van der Waals surface area contributed by atoms with Crippen LogP contribution in [0.4, 0.5) is 0 Å². The highest BCUT2D eigenvalue weighted by Gasteiger charge is 2.38. The SMILES string of the molecule is COc1c(C=C(C)C)cc(C(C)(C)C)cc1C(C)(C)C(C)(C)C. The van der Waals surface area contributed by atoms with Crippen molar-refractivity contribution < 1.29 is 4.74 Å². The second kappa shape index (κ2) is 6.34. The van der Waals surface area contributed by atoms with Crippen molar-refractivity contribution >= 4 is 6.08 Å². The minimum atomic E-state index is 0.00381. The summed E-state index contributed by atoms with van der Waals surface area (Å²) in [7, 11) is 1.79. The molecular weight excluding hydrogens is 280 g/mol. The Bertz CT molecular complexity index is 586. The van der Waals surface area contributed by atoms with Crippen LogP contribution in [0.25, 0.3) is 6.08 Å². The molecule has 0 heterocycles. The van der Waals surface area contributed by atoms with Gasteiger partial charge in [-0.2, -0.15) is 0 Å². The lowest BCUT2D eigenvalue weighted by atomic mass is 9.64. The fourth-order valence-electron chi connectivity index (χ4n) is 2.60. The van der Waals surface area contributed by atoms with E-state index in [1.807, 2.05) is 0 Å². The second-order valence-electron chi connectivity index (χ2n) is 9.49. The number of hydrogen-bond donors (Lipinski definition) is 0. The molecule has 0 aliphatic rings. The average Bonchev–Trinajstić information content (AvgIpc) is 2.34. The first kappa shape index (κ1) is 19.8. The van der Waals surface area contributed by atoms with Gasteiger partial charge in [0.05, 0.1) is 7.11 Å². The van der Waals surface area contributed by atoms with Crippen LogP contribution in [0, 0.1) is 5.41 Å². The summed E-state index contributed by atoms with van der Waals surface area (Å²) in [6.07, 6.45) is 2.23. The summed E-state index contributed by atoms with van der Waals surface area (Å²) in [5.74, 6) is 1.01. The summed E-state index contributed by atoms with van der Waals surface area (Å²) in [6, 6.07) is 4.64. The Hall–Kier alpha value is -1.24. The molecule has 0 N–H and O–H groups in total. The van der Waals surface area contributed by atoms with Crippen LogP contribution in [0.15, 0.2) is 17.7 Å². The van der Waals surface area contributed by atoms with Gasteiger partial charge in [0, 0.05) is 11.1 Å². The second-order valence-corrected chi connectivity index (χ2v) is 9.49. The Balaban J connectivity index is 3.84. The maximum absolute atomic E-state index is 5.88. The van der Waals surface area contributed by atoms with Crippen molar-refractivity contribution in [1.29, 1.82) is 0 Å². The van der Waals surface area contributed by atoms with E-state index in [2.05, 4.69) is 87.4 Å². The molecule has 0 spiro atoms. The molecule has 0 amide bonds. The van der Waals surface area contributed by atoms with Crippen molar-refractivity contribution in [2.24, 2.45) is 5.41 Å². The van der Waals surface area contributed by atoms with Crippen LogP contribution in [0.3, 0.4) is 0 Å². The molecule has 0 saturated heterocycles. The molecule has 1 heteroatoms. The lowest BCUT2D eigenvalue weighted by Gasteiger charge is -2.41. The third-order valence-electron chi connectivity index (χ3n) is 5.18. The van der Waals surface area contributed by atoms with Gasteiger partial charge in [-0.05, 0) is 41.7 Å². The third-order valence-corrected chi connectivity index (χ3v) is 5.18. The van der Waals surface area contributed by atoms with Gasteiger partial charge in [0.2, 0.25) is 0 Å². The van der Waals surface area contributed by atoms with Crippen LogP contribution in [0.2, 0.25) is 0 Å². The quantitative estimate of drug-likeness (QED) is 0.600. The highest BCUT2D eigenvalue weighted by atomic mass is 16.5. The van der Waals surface area contributed by atoms with Crippen LogP contribution >= 0.6 is 0 Å². The van der Waals surface area contributed by atoms with Gasteiger partial charge < -0.3 is 4.74 Å². The highest BCUT2D eigenvalue weighted by Crippen LogP contribution is 2.47. The highest BCUT2D eigenvalue weighted by molar-refractivity contribution is 5.65. The van der Waals surface area contributed by atoms with E-state index in [0.717, 1.165) is 5.75 Å². The summed E-state index contributed by atoms with van der Waals surface area (Å²) in [4.78, 5) is 0. The van der Waals surface area contributed by atoms with Crippen LogP contribution in [0.1, 0.15) is 85.9 Å². The molecule has 0 unspecified atom stereocenters. The van der Waals surface area contributed by atoms with Crippen molar-refractivity contribution in [2.45, 2.75) is 80.1 Å². The zero-order valence-electron chi connectivity index (χ0n) is 17.1. The topological polar surface area (TPSA) is 9.23 Å². The molecule has 0 aliphatic carbocycles. The van der Waals surface area contributed by atoms with Crippen molar-refractivity contribution in [3.63, 3.8) is 0 Å². The van der Waals surface area contributed by atoms with E-state index in [0.29, 0.717) is 0 Å². The van der Waals surface area contributed by atoms with E-state index >= 15 is 0 Å². The summed E-state index contributed by atoms with van der Waals surface area (Å²) < 4.78 is 5.88. The number of allylic oxidation sites excluding steroid dienone is 1. The molecule has 0 atom stereocenters. The monoisotopic (exact) mass is 316 g/mol. The zero-order chi connectivity index (χ0) is 18.2. The standard InChI is InChI=1S/C22H36O/c1-15(2)12-16-13-17(20(3,4)5)14-18(19(16)23-11)22(9,10)21(6,7)8/h12-14H,1-11H3. The zero-order valence-corrected chi connectivity index (χ0v) is 17.1. The van der Waals surface area contributed by atoms with Gasteiger partial charge in [-0.1, -0.05) is 73.1 Å². The van der Waals surface area contributed by atoms with Gasteiger partial charge in [-0.25, -0.2) is 0 Å². The first-order chi connectivity index (χ1) is 10.2. The molecule has 1 rings (SSSR count). The van der Waals surface area contributed by atoms with Crippen molar-refractivity contribution in [1.82, 2.24) is 0 Å². The van der Waals surface area contributed by atoms with Gasteiger partial charge in [-0.15, -0.1) is 0 Å². The van der Waals surface area contributed by atoms with E-state index in [-0.39, 0.29) is 16.2 Å². The van der Waals surface area contributed by atoms with E-state index < -0.39 is 0 Å². The average molecular weight is 317 g/mol. The predicted molar refractivity (Wildman–Crippen MR) is 104 cm³/mol. The molecular formula is C22H36O. The molecule has 0 bridgehead atoms. The first-order valence-electron chi connectivity index (χ1n) is 8.59. The maximum Gasteiger partial charge on any atom is 0.129 e. The van der Waals surface area contributed by atoms with E-state index in [9.17, 15) is 0 Å². The molecule has 1 nitrogen and oxygen atoms in total. The molecule has 0 saturated carbocycles. The van der Waals surface area contributed by atoms with Gasteiger partial charge >= 0.3 is 0 Å². The lowest BCUT2D eigenvalue weighted by Crippen LogP contribution is -2.35. The minimum absolute atomic E-state index is 0.00381. The van der Waals surface area contributed by atoms with Crippen molar-refractivity contribution in [3.05, 3.63) is 34.4 Å². The van der Waals surface area contributed by atoms with Crippen molar-refractivity contribution in [2.75, 3.05) is 7.11 Å². The number of methoxy groups -OCH3 is 1. The fourth-order valence-corrected chi connectivity index (χ4v) is 2.60. The number of benzene rings is 1. The Morgan fingerprint density at radius 3 is 1.78 bits per heavy atom. The molecule has 0 fully saturated rings. The lowest BCUT2D eigenvalue weighted by molar-refractivity contribution is 0.218. The largest absolute Gasteiger partial charge is 0.496 e. The normalized spacial score (nSPS) is 13.0. The first-order valence-corrected chi connectivity index (χ1v) is 8.59. The smallest absolute Gasteiger partial charge is 0.129 e. The van der Waals surface area contributed by atoms with Crippen LogP contribution in [-0.4, -0.2) is 7.11 Å². The summed E-state index contributed by atoms with van der Waals surface area (Å²) in [5, 5.41) is 0. The van der Waals surface area contributed by atoms with Crippen LogP contribution in [0.5, 0.6) is 5.75 Å². The Morgan fingerprint density at radius 2 is 1.43 bits per heavy atom. The number of rotatable bonds is 3. The van der Waals surface area contributed by atoms with Gasteiger partial charge in [0.1, 0.15) is 5.75 Å². The van der Waals surface area contributed by atoms with Gasteiger partial charge in [0.25, 0.3) is 0 Å². The third kappa shape index (κ3) is 4.19. The molecule has 23 heavy (non-hydrogen) atoms. The maximum atomic E-state index is 5.88. The Kier molecular flexibility index (Phi) is 5.46. The minimum Gasteiger partial charge on any atom is -0.496 e. The molecule has 1 aromatic carbocycles. The predicted octanol–water partition coefficient (Wildman–Crippen LogP) is 6.74. The van der Waals surface area contributed by atoms with Crippen LogP contribution in [-0.2, 0) is 10.8 Å². The van der Waals surface area contributed by atoms with Gasteiger partial charge in [-0.3, -0.25) is 0 Å². The Morgan fingerprint density at radius 1 is 0.913 bits per heavy atom. The number of hydrogen-bond acceptors (Lipinski definition) is 1. The molecule has 0 radical (unpaired) electrons. The van der Waals surface area contributed by atoms with Crippen LogP contribution < -0.4 is 4.74 Å². The van der Waals surface area contributed by atoms with E-state index in [4.69, 9.17) is 4.74 Å². The Labute approximate surface area is 144 Å². The summed E-state index contributed by atoms with van der Waals surface area (Å²) in [6.45, 7) is 22.6. The molecule has 0 aliphatic heterocycles. The molecule has 0 aromatic heterocycles. The van der Waals surface area contributed by atoms with E-state index in [1.165, 1.54) is 22.3 Å². The number of ether oxygens (including phenoxy) is 1. The van der Waals surface area contributed by atoms with Crippen molar-refractivity contribution in [3.8, 4) is 5.75 Å². The fraction of sp³-hybridized carbons (Fsp3) is 0.636. The molecule has 1 aromatic rings. The van der Waals surface area contributed by atoms with Gasteiger partial charge in [0.15, 0.2) is 0 Å².